The molecule has 16 heavy (non-hydrogen) atoms. The summed E-state index contributed by atoms with van der Waals surface area (Å²) >= 11 is 0. The Morgan fingerprint density at radius 2 is 1.81 bits per heavy atom. The number of unbranched alkanes of at least 4 members (excludes halogenated alkanes) is 3. The van der Waals surface area contributed by atoms with E-state index in [9.17, 15) is 0 Å². The predicted octanol–water partition coefficient (Wildman–Crippen LogP) is 5.61. The van der Waals surface area contributed by atoms with Gasteiger partial charge in [-0.2, -0.15) is 0 Å². The van der Waals surface area contributed by atoms with E-state index in [1.54, 1.807) is 0 Å². The largest absolute Gasteiger partial charge is 0.103 e. The van der Waals surface area contributed by atoms with Crippen LogP contribution in [-0.2, 0) is 0 Å². The summed E-state index contributed by atoms with van der Waals surface area (Å²) in [5, 5.41) is 0. The zero-order valence-electron chi connectivity index (χ0n) is 10.3. The first-order valence-electron chi connectivity index (χ1n) is 6.56. The van der Waals surface area contributed by atoms with E-state index in [0.29, 0.717) is 0 Å². The maximum atomic E-state index is 3.97. The summed E-state index contributed by atoms with van der Waals surface area (Å²) in [6.07, 6.45) is 13.9. The van der Waals surface area contributed by atoms with Gasteiger partial charge in [0.15, 0.2) is 0 Å². The zero-order valence-corrected chi connectivity index (χ0v) is 10.3. The van der Waals surface area contributed by atoms with E-state index in [1.165, 1.54) is 44.9 Å². The third-order valence-corrected chi connectivity index (χ3v) is 3.85. The zero-order chi connectivity index (χ0) is 11.1. The van der Waals surface area contributed by atoms with Gasteiger partial charge in [-0.1, -0.05) is 52.2 Å². The maximum Gasteiger partial charge on any atom is -0.0202 e. The van der Waals surface area contributed by atoms with E-state index >= 15 is 0 Å². The van der Waals surface area contributed by atoms with Crippen LogP contribution in [0.2, 0.25) is 0 Å². The molecular weight excluding hydrogens is 192 g/mol. The molecule has 0 amide bonds. The number of allylic oxidation sites excluding steroid dienone is 2. The molecule has 1 fully saturated rings. The molecule has 1 aliphatic carbocycles. The Morgan fingerprint density at radius 1 is 1.06 bits per heavy atom. The SMILES string of the molecule is C.C=CC1CC(C=C)C(CCCCCC)C1. The molecule has 0 bridgehead atoms. The molecule has 3 unspecified atom stereocenters. The average molecular weight is 222 g/mol. The minimum atomic E-state index is 0. The van der Waals surface area contributed by atoms with Gasteiger partial charge in [-0.3, -0.25) is 0 Å². The van der Waals surface area contributed by atoms with Crippen molar-refractivity contribution in [1.82, 2.24) is 0 Å². The molecule has 0 heteroatoms. The second kappa shape index (κ2) is 8.61. The minimum Gasteiger partial charge on any atom is -0.103 e. The van der Waals surface area contributed by atoms with Gasteiger partial charge in [-0.15, -0.1) is 13.2 Å². The quantitative estimate of drug-likeness (QED) is 0.388. The van der Waals surface area contributed by atoms with Gasteiger partial charge in [0.25, 0.3) is 0 Å². The molecule has 3 atom stereocenters. The molecule has 0 saturated heterocycles. The van der Waals surface area contributed by atoms with E-state index < -0.39 is 0 Å². The summed E-state index contributed by atoms with van der Waals surface area (Å²) in [7, 11) is 0. The van der Waals surface area contributed by atoms with Crippen molar-refractivity contribution in [2.24, 2.45) is 17.8 Å². The van der Waals surface area contributed by atoms with Crippen molar-refractivity contribution in [1.29, 1.82) is 0 Å². The summed E-state index contributed by atoms with van der Waals surface area (Å²) in [5.41, 5.74) is 0. The number of rotatable bonds is 7. The molecule has 94 valence electrons. The van der Waals surface area contributed by atoms with Crippen LogP contribution in [0.1, 0.15) is 59.3 Å². The fourth-order valence-electron chi connectivity index (χ4n) is 2.85. The van der Waals surface area contributed by atoms with Crippen LogP contribution in [-0.4, -0.2) is 0 Å². The summed E-state index contributed by atoms with van der Waals surface area (Å²) in [5.74, 6) is 2.40. The molecule has 0 spiro atoms. The normalized spacial score (nSPS) is 28.4. The Kier molecular flexibility index (Phi) is 8.33. The lowest BCUT2D eigenvalue weighted by molar-refractivity contribution is 0.403. The van der Waals surface area contributed by atoms with Crippen molar-refractivity contribution in [2.75, 3.05) is 0 Å². The molecule has 0 aliphatic heterocycles. The summed E-state index contributed by atoms with van der Waals surface area (Å²) in [4.78, 5) is 0. The highest BCUT2D eigenvalue weighted by molar-refractivity contribution is 4.97. The first-order valence-corrected chi connectivity index (χ1v) is 6.56. The molecule has 0 heterocycles. The van der Waals surface area contributed by atoms with Crippen molar-refractivity contribution in [3.63, 3.8) is 0 Å². The van der Waals surface area contributed by atoms with Crippen molar-refractivity contribution in [2.45, 2.75) is 59.3 Å². The third kappa shape index (κ3) is 4.55. The second-order valence-corrected chi connectivity index (χ2v) is 4.98. The van der Waals surface area contributed by atoms with Crippen LogP contribution in [0.4, 0.5) is 0 Å². The fraction of sp³-hybridized carbons (Fsp3) is 0.750. The van der Waals surface area contributed by atoms with Crippen LogP contribution in [0.5, 0.6) is 0 Å². The summed E-state index contributed by atoms with van der Waals surface area (Å²) in [6.45, 7) is 10.2. The topological polar surface area (TPSA) is 0 Å². The van der Waals surface area contributed by atoms with Gasteiger partial charge in [0.1, 0.15) is 0 Å². The Labute approximate surface area is 103 Å². The maximum absolute atomic E-state index is 3.97. The van der Waals surface area contributed by atoms with E-state index in [4.69, 9.17) is 0 Å². The first kappa shape index (κ1) is 15.5. The summed E-state index contributed by atoms with van der Waals surface area (Å²) < 4.78 is 0. The van der Waals surface area contributed by atoms with Crippen LogP contribution in [0.25, 0.3) is 0 Å². The molecule has 0 radical (unpaired) electrons. The third-order valence-electron chi connectivity index (χ3n) is 3.85. The van der Waals surface area contributed by atoms with Gasteiger partial charge in [0.05, 0.1) is 0 Å². The van der Waals surface area contributed by atoms with E-state index in [1.807, 2.05) is 0 Å². The molecule has 1 rings (SSSR count). The average Bonchev–Trinajstić information content (AvgIpc) is 2.67. The van der Waals surface area contributed by atoms with Crippen molar-refractivity contribution in [3.8, 4) is 0 Å². The van der Waals surface area contributed by atoms with Crippen LogP contribution in [0.3, 0.4) is 0 Å². The van der Waals surface area contributed by atoms with Crippen LogP contribution in [0, 0.1) is 17.8 Å². The smallest absolute Gasteiger partial charge is 0.0202 e. The summed E-state index contributed by atoms with van der Waals surface area (Å²) in [6, 6.07) is 0. The lowest BCUT2D eigenvalue weighted by Gasteiger charge is -2.15. The van der Waals surface area contributed by atoms with E-state index in [2.05, 4.69) is 32.2 Å². The Balaban J connectivity index is 0.00000225. The fourth-order valence-corrected chi connectivity index (χ4v) is 2.85. The Morgan fingerprint density at radius 3 is 2.38 bits per heavy atom. The standard InChI is InChI=1S/C15H26.CH4/c1-4-7-8-9-10-15-12-13(5-2)11-14(15)6-3;/h5-6,13-15H,2-4,7-12H2,1H3;1H4. The Hall–Kier alpha value is -0.520. The first-order chi connectivity index (χ1) is 7.31. The molecule has 1 aliphatic rings. The van der Waals surface area contributed by atoms with Crippen LogP contribution < -0.4 is 0 Å². The molecule has 0 aromatic heterocycles. The molecular formula is C16H30. The van der Waals surface area contributed by atoms with E-state index in [-0.39, 0.29) is 7.43 Å². The minimum absolute atomic E-state index is 0. The second-order valence-electron chi connectivity index (χ2n) is 4.98. The predicted molar refractivity (Wildman–Crippen MR) is 75.6 cm³/mol. The van der Waals surface area contributed by atoms with E-state index in [0.717, 1.165) is 17.8 Å². The highest BCUT2D eigenvalue weighted by Gasteiger charge is 2.29. The number of hydrogen-bond donors (Lipinski definition) is 0. The lowest BCUT2D eigenvalue weighted by Crippen LogP contribution is -2.04. The van der Waals surface area contributed by atoms with Gasteiger partial charge < -0.3 is 0 Å². The molecule has 0 aromatic rings. The van der Waals surface area contributed by atoms with Crippen LogP contribution >= 0.6 is 0 Å². The van der Waals surface area contributed by atoms with Gasteiger partial charge in [-0.25, -0.2) is 0 Å². The monoisotopic (exact) mass is 222 g/mol. The van der Waals surface area contributed by atoms with Crippen LogP contribution in [0.15, 0.2) is 25.3 Å². The molecule has 1 saturated carbocycles. The van der Waals surface area contributed by atoms with Crippen molar-refractivity contribution >= 4 is 0 Å². The molecule has 0 N–H and O–H groups in total. The highest BCUT2D eigenvalue weighted by atomic mass is 14.3. The Bertz CT molecular complexity index is 192. The van der Waals surface area contributed by atoms with Gasteiger partial charge >= 0.3 is 0 Å². The highest BCUT2D eigenvalue weighted by Crippen LogP contribution is 2.40. The molecule has 0 nitrogen and oxygen atoms in total. The van der Waals surface area contributed by atoms with Gasteiger partial charge in [-0.05, 0) is 37.0 Å². The molecule has 0 aromatic carbocycles. The van der Waals surface area contributed by atoms with Crippen molar-refractivity contribution in [3.05, 3.63) is 25.3 Å². The lowest BCUT2D eigenvalue weighted by atomic mass is 9.91. The number of hydrogen-bond acceptors (Lipinski definition) is 0. The van der Waals surface area contributed by atoms with Crippen molar-refractivity contribution < 1.29 is 0 Å². The van der Waals surface area contributed by atoms with Gasteiger partial charge in [0, 0.05) is 0 Å². The van der Waals surface area contributed by atoms with Gasteiger partial charge in [0.2, 0.25) is 0 Å².